The Hall–Kier alpha value is -1.39. The third-order valence-corrected chi connectivity index (χ3v) is 3.27. The van der Waals surface area contributed by atoms with Crippen molar-refractivity contribution < 1.29 is 9.59 Å². The van der Waals surface area contributed by atoms with E-state index in [1.54, 1.807) is 57.2 Å². The molecule has 0 N–H and O–H groups in total. The van der Waals surface area contributed by atoms with Crippen LogP contribution in [0.5, 0.6) is 0 Å². The van der Waals surface area contributed by atoms with E-state index in [1.165, 1.54) is 4.90 Å². The van der Waals surface area contributed by atoms with Crippen LogP contribution in [0.4, 0.5) is 0 Å². The molecule has 1 aromatic rings. The normalized spacial score (nSPS) is 12.3. The summed E-state index contributed by atoms with van der Waals surface area (Å²) in [5.41, 5.74) is 0.559. The number of hydrogen-bond acceptors (Lipinski definition) is 3. The number of benzene rings is 1. The van der Waals surface area contributed by atoms with Gasteiger partial charge in [-0.3, -0.25) is 14.5 Å². The Labute approximate surface area is 118 Å². The van der Waals surface area contributed by atoms with Crippen LogP contribution in [-0.2, 0) is 4.79 Å². The predicted octanol–water partition coefficient (Wildman–Crippen LogP) is 1.93. The number of carbonyl (C=O) groups is 2. The van der Waals surface area contributed by atoms with Crippen molar-refractivity contribution >= 4 is 23.3 Å². The molecule has 0 saturated carbocycles. The van der Waals surface area contributed by atoms with Gasteiger partial charge in [-0.05, 0) is 26.1 Å². The molecule has 1 unspecified atom stereocenters. The Morgan fingerprint density at radius 3 is 2.42 bits per heavy atom. The lowest BCUT2D eigenvalue weighted by atomic mass is 10.0. The Kier molecular flexibility index (Phi) is 5.51. The molecule has 0 aromatic heterocycles. The van der Waals surface area contributed by atoms with Crippen molar-refractivity contribution in [2.45, 2.75) is 13.0 Å². The fourth-order valence-electron chi connectivity index (χ4n) is 1.57. The number of ketones is 1. The predicted molar refractivity (Wildman–Crippen MR) is 76.6 cm³/mol. The van der Waals surface area contributed by atoms with Crippen LogP contribution in [0.15, 0.2) is 24.3 Å². The number of Topliss-reactive ketones (excluding diaryl/α,β-unsaturated/α-hetero) is 1. The molecule has 1 atom stereocenters. The molecule has 19 heavy (non-hydrogen) atoms. The number of halogens is 1. The first-order chi connectivity index (χ1) is 8.82. The van der Waals surface area contributed by atoms with Gasteiger partial charge in [-0.15, -0.1) is 0 Å². The molecule has 0 aliphatic carbocycles. The van der Waals surface area contributed by atoms with Crippen molar-refractivity contribution in [1.82, 2.24) is 9.80 Å². The lowest BCUT2D eigenvalue weighted by molar-refractivity contribution is -0.129. The van der Waals surface area contributed by atoms with Crippen molar-refractivity contribution in [3.63, 3.8) is 0 Å². The SMILES string of the molecule is CC(C(=O)c1cccc(Cl)c1)N(C)CC(=O)N(C)C. The molecule has 4 nitrogen and oxygen atoms in total. The van der Waals surface area contributed by atoms with Crippen LogP contribution in [0.25, 0.3) is 0 Å². The van der Waals surface area contributed by atoms with E-state index in [0.29, 0.717) is 10.6 Å². The molecule has 104 valence electrons. The fraction of sp³-hybridized carbons (Fsp3) is 0.429. The zero-order valence-corrected chi connectivity index (χ0v) is 12.4. The number of carbonyl (C=O) groups excluding carboxylic acids is 2. The van der Waals surface area contributed by atoms with Crippen molar-refractivity contribution in [1.29, 1.82) is 0 Å². The molecule has 5 heteroatoms. The highest BCUT2D eigenvalue weighted by atomic mass is 35.5. The maximum atomic E-state index is 12.3. The maximum Gasteiger partial charge on any atom is 0.236 e. The molecule has 0 aliphatic heterocycles. The minimum atomic E-state index is -0.373. The Morgan fingerprint density at radius 2 is 1.89 bits per heavy atom. The number of likely N-dealkylation sites (N-methyl/N-ethyl adjacent to an activating group) is 2. The summed E-state index contributed by atoms with van der Waals surface area (Å²) in [6.45, 7) is 1.99. The Bertz CT molecular complexity index is 474. The van der Waals surface area contributed by atoms with Gasteiger partial charge in [0.2, 0.25) is 5.91 Å². The van der Waals surface area contributed by atoms with Gasteiger partial charge in [-0.1, -0.05) is 23.7 Å². The van der Waals surface area contributed by atoms with Crippen LogP contribution in [0.1, 0.15) is 17.3 Å². The average Bonchev–Trinajstić information content (AvgIpc) is 2.36. The molecule has 0 radical (unpaired) electrons. The van der Waals surface area contributed by atoms with Gasteiger partial charge in [-0.25, -0.2) is 0 Å². The molecule has 0 spiro atoms. The monoisotopic (exact) mass is 282 g/mol. The summed E-state index contributed by atoms with van der Waals surface area (Å²) in [6, 6.07) is 6.46. The topological polar surface area (TPSA) is 40.6 Å². The summed E-state index contributed by atoms with van der Waals surface area (Å²) in [7, 11) is 5.15. The van der Waals surface area contributed by atoms with Gasteiger partial charge in [-0.2, -0.15) is 0 Å². The molecular weight excluding hydrogens is 264 g/mol. The van der Waals surface area contributed by atoms with E-state index in [9.17, 15) is 9.59 Å². The number of amides is 1. The molecule has 0 fully saturated rings. The van der Waals surface area contributed by atoms with E-state index in [0.717, 1.165) is 0 Å². The summed E-state index contributed by atoms with van der Waals surface area (Å²) < 4.78 is 0. The highest BCUT2D eigenvalue weighted by Gasteiger charge is 2.21. The second-order valence-corrected chi connectivity index (χ2v) is 5.19. The second-order valence-electron chi connectivity index (χ2n) is 4.75. The lowest BCUT2D eigenvalue weighted by Crippen LogP contribution is -2.42. The highest BCUT2D eigenvalue weighted by molar-refractivity contribution is 6.31. The van der Waals surface area contributed by atoms with Crippen LogP contribution < -0.4 is 0 Å². The zero-order valence-electron chi connectivity index (χ0n) is 11.7. The third-order valence-electron chi connectivity index (χ3n) is 3.03. The van der Waals surface area contributed by atoms with E-state index in [4.69, 9.17) is 11.6 Å². The molecular formula is C14H19ClN2O2. The molecule has 0 heterocycles. The van der Waals surface area contributed by atoms with E-state index in [2.05, 4.69) is 0 Å². The van der Waals surface area contributed by atoms with E-state index < -0.39 is 0 Å². The van der Waals surface area contributed by atoms with Crippen LogP contribution in [0.3, 0.4) is 0 Å². The first-order valence-corrected chi connectivity index (χ1v) is 6.41. The largest absolute Gasteiger partial charge is 0.348 e. The number of rotatable bonds is 5. The fourth-order valence-corrected chi connectivity index (χ4v) is 1.77. The maximum absolute atomic E-state index is 12.3. The lowest BCUT2D eigenvalue weighted by Gasteiger charge is -2.24. The molecule has 0 bridgehead atoms. The van der Waals surface area contributed by atoms with Crippen molar-refractivity contribution in [3.8, 4) is 0 Å². The summed E-state index contributed by atoms with van der Waals surface area (Å²) in [5, 5.41) is 0.532. The molecule has 0 aliphatic rings. The second kappa shape index (κ2) is 6.68. The van der Waals surface area contributed by atoms with Gasteiger partial charge in [0, 0.05) is 24.7 Å². The molecule has 1 aromatic carbocycles. The van der Waals surface area contributed by atoms with Gasteiger partial charge >= 0.3 is 0 Å². The first kappa shape index (κ1) is 15.7. The van der Waals surface area contributed by atoms with Crippen LogP contribution >= 0.6 is 11.6 Å². The summed E-state index contributed by atoms with van der Waals surface area (Å²) in [5.74, 6) is -0.0789. The molecule has 1 amide bonds. The third kappa shape index (κ3) is 4.33. The van der Waals surface area contributed by atoms with Gasteiger partial charge in [0.05, 0.1) is 12.6 Å². The van der Waals surface area contributed by atoms with Crippen LogP contribution in [-0.4, -0.2) is 55.2 Å². The van der Waals surface area contributed by atoms with Crippen molar-refractivity contribution in [2.75, 3.05) is 27.7 Å². The Morgan fingerprint density at radius 1 is 1.26 bits per heavy atom. The summed E-state index contributed by atoms with van der Waals surface area (Å²) in [6.07, 6.45) is 0. The van der Waals surface area contributed by atoms with Crippen molar-refractivity contribution in [3.05, 3.63) is 34.9 Å². The van der Waals surface area contributed by atoms with Gasteiger partial charge in [0.15, 0.2) is 5.78 Å². The molecule has 1 rings (SSSR count). The van der Waals surface area contributed by atoms with E-state index in [-0.39, 0.29) is 24.3 Å². The first-order valence-electron chi connectivity index (χ1n) is 6.03. The van der Waals surface area contributed by atoms with Crippen LogP contribution in [0.2, 0.25) is 5.02 Å². The standard InChI is InChI=1S/C14H19ClN2O2/c1-10(17(4)9-13(18)16(2)3)14(19)11-6-5-7-12(15)8-11/h5-8,10H,9H2,1-4H3. The van der Waals surface area contributed by atoms with Crippen LogP contribution in [0, 0.1) is 0 Å². The average molecular weight is 283 g/mol. The zero-order chi connectivity index (χ0) is 14.6. The summed E-state index contributed by atoms with van der Waals surface area (Å²) in [4.78, 5) is 27.1. The van der Waals surface area contributed by atoms with E-state index in [1.807, 2.05) is 0 Å². The summed E-state index contributed by atoms with van der Waals surface area (Å²) >= 11 is 5.87. The smallest absolute Gasteiger partial charge is 0.236 e. The Balaban J connectivity index is 2.74. The van der Waals surface area contributed by atoms with Crippen molar-refractivity contribution in [2.24, 2.45) is 0 Å². The van der Waals surface area contributed by atoms with Gasteiger partial charge in [0.1, 0.15) is 0 Å². The minimum Gasteiger partial charge on any atom is -0.348 e. The van der Waals surface area contributed by atoms with E-state index >= 15 is 0 Å². The van der Waals surface area contributed by atoms with Gasteiger partial charge < -0.3 is 4.90 Å². The number of nitrogens with zero attached hydrogens (tertiary/aromatic N) is 2. The molecule has 0 saturated heterocycles. The van der Waals surface area contributed by atoms with Gasteiger partial charge in [0.25, 0.3) is 0 Å². The minimum absolute atomic E-state index is 0.0340. The quantitative estimate of drug-likeness (QED) is 0.775. The highest BCUT2D eigenvalue weighted by Crippen LogP contribution is 2.14. The number of hydrogen-bond donors (Lipinski definition) is 0.